The van der Waals surface area contributed by atoms with Crippen LogP contribution in [0, 0.1) is 11.8 Å². The molecular weight excluding hydrogens is 247 g/mol. The minimum Gasteiger partial charge on any atom is -0.479 e. The Labute approximate surface area is 111 Å². The van der Waals surface area contributed by atoms with Gasteiger partial charge in [0.25, 0.3) is 0 Å². The molecule has 1 saturated carbocycles. The molecule has 0 amide bonds. The predicted octanol–water partition coefficient (Wildman–Crippen LogP) is 1.97. The molecular formula is C15H17FO3. The van der Waals surface area contributed by atoms with Gasteiger partial charge in [0.15, 0.2) is 0 Å². The van der Waals surface area contributed by atoms with Crippen LogP contribution in [0.25, 0.3) is 0 Å². The summed E-state index contributed by atoms with van der Waals surface area (Å²) in [7, 11) is 0. The van der Waals surface area contributed by atoms with E-state index in [-0.39, 0.29) is 11.8 Å². The number of fused-ring (bicyclic) bond motifs is 3. The van der Waals surface area contributed by atoms with Crippen molar-refractivity contribution in [3.63, 3.8) is 0 Å². The maximum Gasteiger partial charge on any atom is 0.341 e. The van der Waals surface area contributed by atoms with Gasteiger partial charge in [-0.1, -0.05) is 24.3 Å². The average Bonchev–Trinajstić information content (AvgIpc) is 2.61. The molecule has 3 atom stereocenters. The van der Waals surface area contributed by atoms with E-state index >= 15 is 0 Å². The fraction of sp³-hybridized carbons (Fsp3) is 0.533. The number of aliphatic hydroxyl groups is 1. The molecule has 0 aliphatic heterocycles. The van der Waals surface area contributed by atoms with E-state index in [9.17, 15) is 14.3 Å². The van der Waals surface area contributed by atoms with E-state index in [0.717, 1.165) is 11.1 Å². The van der Waals surface area contributed by atoms with Gasteiger partial charge in [0.2, 0.25) is 6.17 Å². The normalized spacial score (nSPS) is 34.4. The molecule has 2 aliphatic carbocycles. The quantitative estimate of drug-likeness (QED) is 0.858. The highest BCUT2D eigenvalue weighted by Gasteiger charge is 2.57. The highest BCUT2D eigenvalue weighted by atomic mass is 19.1. The number of carboxylic acid groups (broad SMARTS) is 1. The smallest absolute Gasteiger partial charge is 0.341 e. The van der Waals surface area contributed by atoms with E-state index in [1.807, 2.05) is 24.3 Å². The van der Waals surface area contributed by atoms with Gasteiger partial charge < -0.3 is 10.2 Å². The molecule has 3 rings (SSSR count). The Hall–Kier alpha value is -1.42. The van der Waals surface area contributed by atoms with Crippen molar-refractivity contribution >= 4 is 5.97 Å². The van der Waals surface area contributed by atoms with Gasteiger partial charge in [-0.05, 0) is 48.6 Å². The Morgan fingerprint density at radius 2 is 1.68 bits per heavy atom. The second-order valence-corrected chi connectivity index (χ2v) is 5.74. The summed E-state index contributed by atoms with van der Waals surface area (Å²) in [4.78, 5) is 11.0. The number of hydrogen-bond acceptors (Lipinski definition) is 2. The summed E-state index contributed by atoms with van der Waals surface area (Å²) >= 11 is 0. The van der Waals surface area contributed by atoms with E-state index < -0.39 is 17.7 Å². The molecule has 1 aromatic carbocycles. The van der Waals surface area contributed by atoms with Gasteiger partial charge in [0, 0.05) is 0 Å². The van der Waals surface area contributed by atoms with Crippen LogP contribution < -0.4 is 0 Å². The Balaban J connectivity index is 2.01. The minimum atomic E-state index is -2.20. The summed E-state index contributed by atoms with van der Waals surface area (Å²) in [6.07, 6.45) is 0.333. The molecule has 0 saturated heterocycles. The zero-order valence-corrected chi connectivity index (χ0v) is 10.6. The largest absolute Gasteiger partial charge is 0.479 e. The lowest BCUT2D eigenvalue weighted by Gasteiger charge is -2.34. The molecule has 3 nitrogen and oxygen atoms in total. The van der Waals surface area contributed by atoms with Crippen molar-refractivity contribution in [1.82, 2.24) is 0 Å². The third-order valence-corrected chi connectivity index (χ3v) is 4.85. The van der Waals surface area contributed by atoms with Crippen LogP contribution in [-0.2, 0) is 17.6 Å². The highest BCUT2D eigenvalue weighted by Crippen LogP contribution is 2.49. The Bertz CT molecular complexity index is 481. The fourth-order valence-corrected chi connectivity index (χ4v) is 3.83. The second kappa shape index (κ2) is 4.30. The van der Waals surface area contributed by atoms with E-state index in [0.29, 0.717) is 25.7 Å². The summed E-state index contributed by atoms with van der Waals surface area (Å²) in [6.45, 7) is 0. The molecule has 3 unspecified atom stereocenters. The molecule has 1 fully saturated rings. The standard InChI is InChI=1S/C15H17FO3/c16-13(14(17)18)15(19)11-5-6-12(15)8-10-4-2-1-3-9(10)7-11/h1-4,11-13,19H,5-8H2,(H,17,18). The van der Waals surface area contributed by atoms with Crippen molar-refractivity contribution in [3.8, 4) is 0 Å². The lowest BCUT2D eigenvalue weighted by Crippen LogP contribution is -2.52. The first-order valence-electron chi connectivity index (χ1n) is 6.69. The molecule has 0 spiro atoms. The first-order chi connectivity index (χ1) is 9.03. The number of alkyl halides is 1. The molecule has 0 heterocycles. The molecule has 0 aromatic heterocycles. The zero-order chi connectivity index (χ0) is 13.6. The summed E-state index contributed by atoms with van der Waals surface area (Å²) < 4.78 is 14.1. The Morgan fingerprint density at radius 3 is 2.11 bits per heavy atom. The van der Waals surface area contributed by atoms with E-state index in [4.69, 9.17) is 5.11 Å². The van der Waals surface area contributed by atoms with Crippen LogP contribution in [-0.4, -0.2) is 28.0 Å². The lowest BCUT2D eigenvalue weighted by molar-refractivity contribution is -0.163. The molecule has 19 heavy (non-hydrogen) atoms. The summed E-state index contributed by atoms with van der Waals surface area (Å²) in [6, 6.07) is 7.84. The molecule has 2 aliphatic rings. The van der Waals surface area contributed by atoms with Crippen LogP contribution in [0.3, 0.4) is 0 Å². The number of carboxylic acids is 1. The topological polar surface area (TPSA) is 57.5 Å². The monoisotopic (exact) mass is 264 g/mol. The van der Waals surface area contributed by atoms with Gasteiger partial charge in [0.05, 0.1) is 0 Å². The highest BCUT2D eigenvalue weighted by molar-refractivity contribution is 5.74. The van der Waals surface area contributed by atoms with Gasteiger partial charge in [-0.2, -0.15) is 0 Å². The van der Waals surface area contributed by atoms with Gasteiger partial charge >= 0.3 is 5.97 Å². The van der Waals surface area contributed by atoms with Crippen molar-refractivity contribution in [3.05, 3.63) is 35.4 Å². The summed E-state index contributed by atoms with van der Waals surface area (Å²) in [5.74, 6) is -2.15. The minimum absolute atomic E-state index is 0.299. The van der Waals surface area contributed by atoms with E-state index in [1.54, 1.807) is 0 Å². The molecule has 2 N–H and O–H groups in total. The number of halogens is 1. The Morgan fingerprint density at radius 1 is 1.21 bits per heavy atom. The SMILES string of the molecule is O=C(O)C(F)C1(O)C2CCC1Cc1ccccc1C2. The maximum absolute atomic E-state index is 14.1. The van der Waals surface area contributed by atoms with Crippen molar-refractivity contribution in [2.45, 2.75) is 37.5 Å². The third kappa shape index (κ3) is 1.77. The average molecular weight is 264 g/mol. The van der Waals surface area contributed by atoms with Crippen LogP contribution in [0.2, 0.25) is 0 Å². The summed E-state index contributed by atoms with van der Waals surface area (Å²) in [5.41, 5.74) is 0.515. The number of carbonyl (C=O) groups is 1. The third-order valence-electron chi connectivity index (χ3n) is 4.85. The summed E-state index contributed by atoms with van der Waals surface area (Å²) in [5, 5.41) is 19.6. The van der Waals surface area contributed by atoms with Gasteiger partial charge in [-0.25, -0.2) is 9.18 Å². The number of benzene rings is 1. The van der Waals surface area contributed by atoms with Crippen molar-refractivity contribution < 1.29 is 19.4 Å². The fourth-order valence-electron chi connectivity index (χ4n) is 3.83. The molecule has 4 heteroatoms. The zero-order valence-electron chi connectivity index (χ0n) is 10.6. The van der Waals surface area contributed by atoms with E-state index in [2.05, 4.69) is 0 Å². The van der Waals surface area contributed by atoms with Crippen LogP contribution in [0.4, 0.5) is 4.39 Å². The predicted molar refractivity (Wildman–Crippen MR) is 67.5 cm³/mol. The molecule has 1 aromatic rings. The van der Waals surface area contributed by atoms with Crippen molar-refractivity contribution in [2.24, 2.45) is 11.8 Å². The van der Waals surface area contributed by atoms with Gasteiger partial charge in [-0.3, -0.25) is 0 Å². The number of aliphatic carboxylic acids is 1. The van der Waals surface area contributed by atoms with Crippen LogP contribution in [0.1, 0.15) is 24.0 Å². The molecule has 0 radical (unpaired) electrons. The first kappa shape index (κ1) is 12.6. The van der Waals surface area contributed by atoms with Gasteiger partial charge in [-0.15, -0.1) is 0 Å². The Kier molecular flexibility index (Phi) is 2.86. The first-order valence-corrected chi connectivity index (χ1v) is 6.69. The molecule has 2 bridgehead atoms. The van der Waals surface area contributed by atoms with Crippen LogP contribution in [0.5, 0.6) is 0 Å². The number of hydrogen-bond donors (Lipinski definition) is 2. The molecule has 102 valence electrons. The second-order valence-electron chi connectivity index (χ2n) is 5.74. The van der Waals surface area contributed by atoms with Crippen molar-refractivity contribution in [2.75, 3.05) is 0 Å². The van der Waals surface area contributed by atoms with Crippen LogP contribution in [0.15, 0.2) is 24.3 Å². The number of rotatable bonds is 2. The van der Waals surface area contributed by atoms with Crippen LogP contribution >= 0.6 is 0 Å². The van der Waals surface area contributed by atoms with E-state index in [1.165, 1.54) is 0 Å². The van der Waals surface area contributed by atoms with Crippen molar-refractivity contribution in [1.29, 1.82) is 0 Å². The van der Waals surface area contributed by atoms with Gasteiger partial charge in [0.1, 0.15) is 5.60 Å². The maximum atomic E-state index is 14.1. The lowest BCUT2D eigenvalue weighted by atomic mass is 9.78.